The summed E-state index contributed by atoms with van der Waals surface area (Å²) in [4.78, 5) is 22.2. The van der Waals surface area contributed by atoms with E-state index in [1.54, 1.807) is 13.8 Å². The normalized spacial score (nSPS) is 12.8. The van der Waals surface area contributed by atoms with E-state index >= 15 is 0 Å². The fourth-order valence-corrected chi connectivity index (χ4v) is 2.21. The van der Waals surface area contributed by atoms with E-state index in [-0.39, 0.29) is 6.10 Å². The fraction of sp³-hybridized carbons (Fsp3) is 0.600. The van der Waals surface area contributed by atoms with Gasteiger partial charge in [0.1, 0.15) is 0 Å². The van der Waals surface area contributed by atoms with E-state index in [1.807, 2.05) is 19.6 Å². The lowest BCUT2D eigenvalue weighted by Crippen LogP contribution is -2.32. The Labute approximate surface area is 90.9 Å². The van der Waals surface area contributed by atoms with E-state index in [0.29, 0.717) is 5.20 Å². The molecule has 0 heterocycles. The van der Waals surface area contributed by atoms with Crippen molar-refractivity contribution in [2.24, 2.45) is 0 Å². The largest absolute Gasteiger partial charge is 0.478 e. The number of carboxylic acids is 1. The topological polar surface area (TPSA) is 63.6 Å². The van der Waals surface area contributed by atoms with Gasteiger partial charge in [-0.3, -0.25) is 0 Å². The van der Waals surface area contributed by atoms with Gasteiger partial charge in [0.25, 0.3) is 0 Å². The zero-order valence-electron chi connectivity index (χ0n) is 9.83. The monoisotopic (exact) mass is 230 g/mol. The summed E-state index contributed by atoms with van der Waals surface area (Å²) in [5.74, 6) is -1.61. The lowest BCUT2D eigenvalue weighted by Gasteiger charge is -2.20. The summed E-state index contributed by atoms with van der Waals surface area (Å²) in [5.41, 5.74) is 0. The predicted molar refractivity (Wildman–Crippen MR) is 60.3 cm³/mol. The second kappa shape index (κ2) is 5.11. The Hall–Kier alpha value is -1.10. The summed E-state index contributed by atoms with van der Waals surface area (Å²) in [7, 11) is -1.97. The van der Waals surface area contributed by atoms with Crippen LogP contribution in [-0.2, 0) is 14.3 Å². The van der Waals surface area contributed by atoms with E-state index in [0.717, 1.165) is 6.08 Å². The lowest BCUT2D eigenvalue weighted by atomic mass is 10.4. The highest BCUT2D eigenvalue weighted by molar-refractivity contribution is 6.87. The summed E-state index contributed by atoms with van der Waals surface area (Å²) in [6.45, 7) is 9.19. The number of esters is 1. The molecule has 0 saturated heterocycles. The van der Waals surface area contributed by atoms with Gasteiger partial charge in [0.2, 0.25) is 0 Å². The summed E-state index contributed by atoms with van der Waals surface area (Å²) in [6.07, 6.45) is 0.739. The maximum Gasteiger partial charge on any atom is 0.330 e. The average molecular weight is 230 g/mol. The minimum atomic E-state index is -1.97. The highest BCUT2D eigenvalue weighted by Crippen LogP contribution is 2.16. The molecule has 1 N–H and O–H groups in total. The number of aliphatic carboxylic acids is 1. The van der Waals surface area contributed by atoms with E-state index in [9.17, 15) is 9.59 Å². The van der Waals surface area contributed by atoms with Crippen molar-refractivity contribution in [3.05, 3.63) is 11.3 Å². The van der Waals surface area contributed by atoms with Crippen molar-refractivity contribution in [3.63, 3.8) is 0 Å². The molecule has 0 radical (unpaired) electrons. The molecule has 0 bridgehead atoms. The number of carboxylic acid groups (broad SMARTS) is 1. The Morgan fingerprint density at radius 2 is 1.73 bits per heavy atom. The lowest BCUT2D eigenvalue weighted by molar-refractivity contribution is -0.142. The summed E-state index contributed by atoms with van der Waals surface area (Å²) in [6, 6.07) is 0. The van der Waals surface area contributed by atoms with Crippen molar-refractivity contribution in [3.8, 4) is 0 Å². The van der Waals surface area contributed by atoms with Gasteiger partial charge in [-0.15, -0.1) is 0 Å². The van der Waals surface area contributed by atoms with Crippen LogP contribution in [0.15, 0.2) is 11.3 Å². The van der Waals surface area contributed by atoms with Crippen LogP contribution in [0.2, 0.25) is 19.6 Å². The number of carbonyl (C=O) groups excluding carboxylic acids is 1. The zero-order chi connectivity index (χ0) is 12.2. The SMILES string of the molecule is CC(C)OC(=O)C(=CC(=O)O)[Si](C)(C)C. The number of rotatable bonds is 4. The smallest absolute Gasteiger partial charge is 0.330 e. The van der Waals surface area contributed by atoms with E-state index in [2.05, 4.69) is 0 Å². The first-order valence-electron chi connectivity index (χ1n) is 4.80. The van der Waals surface area contributed by atoms with Crippen LogP contribution in [0.25, 0.3) is 0 Å². The molecule has 0 aliphatic heterocycles. The molecule has 15 heavy (non-hydrogen) atoms. The molecule has 0 fully saturated rings. The first kappa shape index (κ1) is 13.9. The van der Waals surface area contributed by atoms with E-state index in [1.165, 1.54) is 0 Å². The van der Waals surface area contributed by atoms with Crippen LogP contribution in [-0.4, -0.2) is 31.2 Å². The molecule has 0 atom stereocenters. The van der Waals surface area contributed by atoms with Crippen molar-refractivity contribution in [1.82, 2.24) is 0 Å². The van der Waals surface area contributed by atoms with Crippen LogP contribution in [0.4, 0.5) is 0 Å². The third kappa shape index (κ3) is 5.36. The Balaban J connectivity index is 4.97. The number of ether oxygens (including phenoxy) is 1. The van der Waals surface area contributed by atoms with Crippen LogP contribution in [0.5, 0.6) is 0 Å². The van der Waals surface area contributed by atoms with Gasteiger partial charge in [0.05, 0.1) is 14.2 Å². The van der Waals surface area contributed by atoms with Crippen LogP contribution in [0.3, 0.4) is 0 Å². The molecule has 0 aromatic heterocycles. The average Bonchev–Trinajstić information content (AvgIpc) is 1.95. The molecule has 0 unspecified atom stereocenters. The molecule has 0 amide bonds. The minimum absolute atomic E-state index is 0.231. The van der Waals surface area contributed by atoms with Crippen molar-refractivity contribution < 1.29 is 19.4 Å². The van der Waals surface area contributed by atoms with Gasteiger partial charge >= 0.3 is 11.9 Å². The van der Waals surface area contributed by atoms with Crippen LogP contribution < -0.4 is 0 Å². The zero-order valence-corrected chi connectivity index (χ0v) is 10.8. The van der Waals surface area contributed by atoms with Crippen molar-refractivity contribution in [2.45, 2.75) is 39.6 Å². The summed E-state index contributed by atoms with van der Waals surface area (Å²) in [5, 5.41) is 8.98. The molecule has 0 aliphatic carbocycles. The van der Waals surface area contributed by atoms with Crippen LogP contribution in [0, 0.1) is 0 Å². The van der Waals surface area contributed by atoms with Gasteiger partial charge in [-0.1, -0.05) is 19.6 Å². The second-order valence-corrected chi connectivity index (χ2v) is 9.64. The Morgan fingerprint density at radius 3 is 2.00 bits per heavy atom. The number of carbonyl (C=O) groups is 2. The standard InChI is InChI=1S/C10H18O4Si/c1-7(2)14-10(13)8(6-9(11)12)15(3,4)5/h6-7H,1-5H3,(H,11,12). The molecule has 0 saturated carbocycles. The second-order valence-electron chi connectivity index (χ2n) is 4.60. The fourth-order valence-electron chi connectivity index (χ4n) is 0.983. The summed E-state index contributed by atoms with van der Waals surface area (Å²) >= 11 is 0. The van der Waals surface area contributed by atoms with Crippen molar-refractivity contribution in [2.75, 3.05) is 0 Å². The summed E-state index contributed by atoms with van der Waals surface area (Å²) < 4.78 is 5.00. The molecule has 0 aromatic carbocycles. The number of hydrogen-bond acceptors (Lipinski definition) is 3. The predicted octanol–water partition coefficient (Wildman–Crippen LogP) is 1.83. The Kier molecular flexibility index (Phi) is 4.74. The molecule has 5 heteroatoms. The van der Waals surface area contributed by atoms with Crippen molar-refractivity contribution in [1.29, 1.82) is 0 Å². The Morgan fingerprint density at radius 1 is 1.27 bits per heavy atom. The third-order valence-corrected chi connectivity index (χ3v) is 3.60. The van der Waals surface area contributed by atoms with Crippen LogP contribution >= 0.6 is 0 Å². The van der Waals surface area contributed by atoms with Crippen LogP contribution in [0.1, 0.15) is 13.8 Å². The molecule has 4 nitrogen and oxygen atoms in total. The molecule has 0 rings (SSSR count). The van der Waals surface area contributed by atoms with E-state index < -0.39 is 20.0 Å². The number of hydrogen-bond donors (Lipinski definition) is 1. The molecular weight excluding hydrogens is 212 g/mol. The van der Waals surface area contributed by atoms with Gasteiger partial charge in [0.15, 0.2) is 0 Å². The molecule has 0 aliphatic rings. The maximum absolute atomic E-state index is 11.6. The van der Waals surface area contributed by atoms with E-state index in [4.69, 9.17) is 9.84 Å². The highest BCUT2D eigenvalue weighted by atomic mass is 28.3. The highest BCUT2D eigenvalue weighted by Gasteiger charge is 2.28. The van der Waals surface area contributed by atoms with Gasteiger partial charge in [-0.05, 0) is 13.8 Å². The first-order chi connectivity index (χ1) is 6.64. The van der Waals surface area contributed by atoms with Crippen molar-refractivity contribution >= 4 is 20.0 Å². The van der Waals surface area contributed by atoms with Gasteiger partial charge < -0.3 is 9.84 Å². The Bertz CT molecular complexity index is 286. The molecule has 0 aromatic rings. The molecule has 0 spiro atoms. The van der Waals surface area contributed by atoms with Gasteiger partial charge in [-0.2, -0.15) is 0 Å². The molecular formula is C10H18O4Si. The van der Waals surface area contributed by atoms with Gasteiger partial charge in [0, 0.05) is 11.3 Å². The first-order valence-corrected chi connectivity index (χ1v) is 8.30. The third-order valence-electron chi connectivity index (χ3n) is 1.64. The molecule has 86 valence electrons. The van der Waals surface area contributed by atoms with Gasteiger partial charge in [-0.25, -0.2) is 9.59 Å². The maximum atomic E-state index is 11.6. The quantitative estimate of drug-likeness (QED) is 0.454. The minimum Gasteiger partial charge on any atom is -0.478 e.